The quantitative estimate of drug-likeness (QED) is 0.727. The van der Waals surface area contributed by atoms with Gasteiger partial charge in [-0.1, -0.05) is 20.3 Å². The molecular weight excluding hydrogens is 184 g/mol. The first-order valence-electron chi connectivity index (χ1n) is 6.61. The van der Waals surface area contributed by atoms with Crippen molar-refractivity contribution in [2.24, 2.45) is 11.8 Å². The molecule has 1 saturated heterocycles. The molecule has 1 aliphatic rings. The van der Waals surface area contributed by atoms with Crippen molar-refractivity contribution in [2.45, 2.75) is 39.5 Å². The van der Waals surface area contributed by atoms with Crippen LogP contribution in [0.2, 0.25) is 0 Å². The molecular formula is C13H28N2. The summed E-state index contributed by atoms with van der Waals surface area (Å²) in [6.45, 7) is 9.64. The summed E-state index contributed by atoms with van der Waals surface area (Å²) in [5, 5.41) is 3.49. The fourth-order valence-electron chi connectivity index (χ4n) is 2.33. The summed E-state index contributed by atoms with van der Waals surface area (Å²) >= 11 is 0. The van der Waals surface area contributed by atoms with E-state index in [1.807, 2.05) is 0 Å². The van der Waals surface area contributed by atoms with Crippen LogP contribution in [-0.2, 0) is 0 Å². The topological polar surface area (TPSA) is 15.3 Å². The lowest BCUT2D eigenvalue weighted by molar-refractivity contribution is 0.245. The Bertz CT molecular complexity index is 153. The maximum atomic E-state index is 3.49. The van der Waals surface area contributed by atoms with Gasteiger partial charge in [-0.25, -0.2) is 0 Å². The normalized spacial score (nSPS) is 24.4. The van der Waals surface area contributed by atoms with E-state index >= 15 is 0 Å². The number of rotatable bonds is 6. The summed E-state index contributed by atoms with van der Waals surface area (Å²) in [5.41, 5.74) is 0. The molecule has 0 radical (unpaired) electrons. The summed E-state index contributed by atoms with van der Waals surface area (Å²) in [6, 6.07) is 0. The van der Waals surface area contributed by atoms with Gasteiger partial charge >= 0.3 is 0 Å². The molecule has 2 atom stereocenters. The second kappa shape index (κ2) is 7.24. The lowest BCUT2D eigenvalue weighted by atomic mass is 9.96. The summed E-state index contributed by atoms with van der Waals surface area (Å²) in [6.07, 6.45) is 5.49. The second-order valence-electron chi connectivity index (χ2n) is 5.28. The van der Waals surface area contributed by atoms with Crippen LogP contribution in [0.4, 0.5) is 0 Å². The zero-order chi connectivity index (χ0) is 11.1. The Morgan fingerprint density at radius 2 is 2.27 bits per heavy atom. The highest BCUT2D eigenvalue weighted by Gasteiger charge is 2.13. The molecule has 1 fully saturated rings. The first-order valence-corrected chi connectivity index (χ1v) is 6.61. The van der Waals surface area contributed by atoms with Crippen LogP contribution >= 0.6 is 0 Å². The molecule has 0 saturated carbocycles. The van der Waals surface area contributed by atoms with Crippen molar-refractivity contribution in [3.63, 3.8) is 0 Å². The molecule has 1 aliphatic heterocycles. The van der Waals surface area contributed by atoms with Crippen molar-refractivity contribution in [1.82, 2.24) is 10.2 Å². The van der Waals surface area contributed by atoms with E-state index < -0.39 is 0 Å². The standard InChI is InChI=1S/C13H28N2/c1-4-12(2)11-15(3)9-7-13-6-5-8-14-10-13/h12-14H,4-11H2,1-3H3. The predicted octanol–water partition coefficient (Wildman–Crippen LogP) is 2.35. The monoisotopic (exact) mass is 212 g/mol. The number of hydrogen-bond acceptors (Lipinski definition) is 2. The van der Waals surface area contributed by atoms with Gasteiger partial charge in [-0.2, -0.15) is 0 Å². The lowest BCUT2D eigenvalue weighted by Gasteiger charge is -2.26. The zero-order valence-electron chi connectivity index (χ0n) is 10.8. The minimum absolute atomic E-state index is 0.847. The molecule has 15 heavy (non-hydrogen) atoms. The van der Waals surface area contributed by atoms with E-state index in [0.717, 1.165) is 11.8 Å². The van der Waals surface area contributed by atoms with Crippen LogP contribution in [0.3, 0.4) is 0 Å². The molecule has 0 amide bonds. The maximum absolute atomic E-state index is 3.49. The van der Waals surface area contributed by atoms with Crippen molar-refractivity contribution in [3.05, 3.63) is 0 Å². The van der Waals surface area contributed by atoms with Gasteiger partial charge in [0.15, 0.2) is 0 Å². The van der Waals surface area contributed by atoms with E-state index in [0.29, 0.717) is 0 Å². The smallest absolute Gasteiger partial charge is 0.000387 e. The molecule has 1 heterocycles. The maximum Gasteiger partial charge on any atom is 0.000387 e. The van der Waals surface area contributed by atoms with Crippen LogP contribution < -0.4 is 5.32 Å². The first kappa shape index (κ1) is 13.0. The fraction of sp³-hybridized carbons (Fsp3) is 1.00. The summed E-state index contributed by atoms with van der Waals surface area (Å²) in [4.78, 5) is 2.50. The van der Waals surface area contributed by atoms with Gasteiger partial charge in [0.1, 0.15) is 0 Å². The lowest BCUT2D eigenvalue weighted by Crippen LogP contribution is -2.33. The average Bonchev–Trinajstić information content (AvgIpc) is 2.27. The minimum atomic E-state index is 0.847. The summed E-state index contributed by atoms with van der Waals surface area (Å²) < 4.78 is 0. The third-order valence-electron chi connectivity index (χ3n) is 3.64. The van der Waals surface area contributed by atoms with E-state index in [9.17, 15) is 0 Å². The molecule has 1 rings (SSSR count). The molecule has 0 bridgehead atoms. The molecule has 0 aromatic carbocycles. The van der Waals surface area contributed by atoms with Crippen LogP contribution in [0.15, 0.2) is 0 Å². The Hall–Kier alpha value is -0.0800. The highest BCUT2D eigenvalue weighted by Crippen LogP contribution is 2.14. The van der Waals surface area contributed by atoms with Gasteiger partial charge in [0.2, 0.25) is 0 Å². The third-order valence-corrected chi connectivity index (χ3v) is 3.64. The largest absolute Gasteiger partial charge is 0.316 e. The van der Waals surface area contributed by atoms with Crippen LogP contribution in [0, 0.1) is 11.8 Å². The molecule has 0 aromatic heterocycles. The predicted molar refractivity (Wildman–Crippen MR) is 67.2 cm³/mol. The Kier molecular flexibility index (Phi) is 6.26. The number of nitrogens with one attached hydrogen (secondary N) is 1. The van der Waals surface area contributed by atoms with E-state index in [1.165, 1.54) is 51.9 Å². The van der Waals surface area contributed by atoms with Crippen molar-refractivity contribution >= 4 is 0 Å². The van der Waals surface area contributed by atoms with E-state index in [1.54, 1.807) is 0 Å². The van der Waals surface area contributed by atoms with E-state index in [4.69, 9.17) is 0 Å². The van der Waals surface area contributed by atoms with Gasteiger partial charge < -0.3 is 10.2 Å². The van der Waals surface area contributed by atoms with Gasteiger partial charge in [-0.15, -0.1) is 0 Å². The zero-order valence-corrected chi connectivity index (χ0v) is 10.8. The van der Waals surface area contributed by atoms with Crippen LogP contribution in [-0.4, -0.2) is 38.1 Å². The average molecular weight is 212 g/mol. The highest BCUT2D eigenvalue weighted by atomic mass is 15.1. The van der Waals surface area contributed by atoms with E-state index in [-0.39, 0.29) is 0 Å². The minimum Gasteiger partial charge on any atom is -0.316 e. The van der Waals surface area contributed by atoms with Gasteiger partial charge in [0, 0.05) is 6.54 Å². The molecule has 2 nitrogen and oxygen atoms in total. The fourth-order valence-corrected chi connectivity index (χ4v) is 2.33. The Labute approximate surface area is 95.4 Å². The van der Waals surface area contributed by atoms with Gasteiger partial charge in [0.25, 0.3) is 0 Å². The molecule has 1 N–H and O–H groups in total. The third kappa shape index (κ3) is 5.53. The van der Waals surface area contributed by atoms with Crippen molar-refractivity contribution < 1.29 is 0 Å². The molecule has 0 aromatic rings. The van der Waals surface area contributed by atoms with Crippen molar-refractivity contribution in [3.8, 4) is 0 Å². The second-order valence-corrected chi connectivity index (χ2v) is 5.28. The SMILES string of the molecule is CCC(C)CN(C)CCC1CCCNC1. The highest BCUT2D eigenvalue weighted by molar-refractivity contribution is 4.70. The molecule has 2 heteroatoms. The Morgan fingerprint density at radius 3 is 2.87 bits per heavy atom. The van der Waals surface area contributed by atoms with Crippen molar-refractivity contribution in [1.29, 1.82) is 0 Å². The van der Waals surface area contributed by atoms with Crippen LogP contribution in [0.25, 0.3) is 0 Å². The van der Waals surface area contributed by atoms with Gasteiger partial charge in [-0.3, -0.25) is 0 Å². The van der Waals surface area contributed by atoms with Gasteiger partial charge in [0.05, 0.1) is 0 Å². The number of nitrogens with zero attached hydrogens (tertiary/aromatic N) is 1. The number of hydrogen-bond donors (Lipinski definition) is 1. The van der Waals surface area contributed by atoms with Gasteiger partial charge in [-0.05, 0) is 57.8 Å². The molecule has 2 unspecified atom stereocenters. The number of piperidine rings is 1. The Balaban J connectivity index is 2.07. The first-order chi connectivity index (χ1) is 7.22. The molecule has 0 spiro atoms. The van der Waals surface area contributed by atoms with Crippen molar-refractivity contribution in [2.75, 3.05) is 33.2 Å². The molecule has 90 valence electrons. The summed E-state index contributed by atoms with van der Waals surface area (Å²) in [7, 11) is 2.27. The molecule has 0 aliphatic carbocycles. The van der Waals surface area contributed by atoms with Crippen LogP contribution in [0.5, 0.6) is 0 Å². The van der Waals surface area contributed by atoms with E-state index in [2.05, 4.69) is 31.1 Å². The Morgan fingerprint density at radius 1 is 1.47 bits per heavy atom. The summed E-state index contributed by atoms with van der Waals surface area (Å²) in [5.74, 6) is 1.78. The van der Waals surface area contributed by atoms with Crippen LogP contribution in [0.1, 0.15) is 39.5 Å².